The van der Waals surface area contributed by atoms with Gasteiger partial charge in [-0.25, -0.2) is 9.59 Å². The third-order valence-corrected chi connectivity index (χ3v) is 11.2. The van der Waals surface area contributed by atoms with Crippen molar-refractivity contribution >= 4 is 23.5 Å². The van der Waals surface area contributed by atoms with Gasteiger partial charge in [-0.2, -0.15) is 0 Å². The Kier molecular flexibility index (Phi) is 20.6. The van der Waals surface area contributed by atoms with E-state index in [1.807, 2.05) is 24.3 Å². The van der Waals surface area contributed by atoms with Crippen LogP contribution in [0.5, 0.6) is 0 Å². The molecule has 328 valence electrons. The molecule has 14 nitrogen and oxygen atoms in total. The molecule has 58 heavy (non-hydrogen) atoms. The van der Waals surface area contributed by atoms with E-state index >= 15 is 0 Å². The number of cyclic esters (lactones) is 2. The van der Waals surface area contributed by atoms with Gasteiger partial charge in [0, 0.05) is 37.5 Å². The quantitative estimate of drug-likeness (QED) is 0.187. The number of aliphatic hydroxyl groups is 6. The topological polar surface area (TPSA) is 227 Å². The lowest BCUT2D eigenvalue weighted by Crippen LogP contribution is -2.58. The number of ether oxygens (including phenoxy) is 4. The highest BCUT2D eigenvalue weighted by atomic mass is 16.7. The maximum atomic E-state index is 12.9. The normalized spacial score (nSPS) is 39.7. The van der Waals surface area contributed by atoms with E-state index in [1.165, 1.54) is 0 Å². The van der Waals surface area contributed by atoms with Crippen LogP contribution in [-0.2, 0) is 38.1 Å². The van der Waals surface area contributed by atoms with E-state index in [4.69, 9.17) is 18.9 Å². The van der Waals surface area contributed by atoms with E-state index in [-0.39, 0.29) is 37.2 Å². The molecular formula is C44H68O14. The van der Waals surface area contributed by atoms with E-state index in [1.54, 1.807) is 52.0 Å². The SMILES string of the molecule is C[C@@H]1CC[C@H]2CC(=O)C[C@@H](O)CC/C=C\C=CCC[C@H](C)OC(=O)C(O)[C@]3(O)O[C@@H](CC[C@H]3C)CC(=O)C[C@@H](O)CC/C=C\C=CCC[C@H](C)OC(=O)C(O)[C@]1(O)O2. The summed E-state index contributed by atoms with van der Waals surface area (Å²) in [6.45, 7) is 6.65. The molecule has 0 aromatic heterocycles. The number of carbonyl (C=O) groups is 4. The molecule has 14 heteroatoms. The molecule has 3 aliphatic heterocycles. The highest BCUT2D eigenvalue weighted by molar-refractivity contribution is 5.80. The molecule has 3 heterocycles. The second-order valence-electron chi connectivity index (χ2n) is 16.5. The molecule has 12 atom stereocenters. The van der Waals surface area contributed by atoms with Crippen molar-refractivity contribution in [1.82, 2.24) is 0 Å². The summed E-state index contributed by atoms with van der Waals surface area (Å²) in [5.41, 5.74) is 0. The molecule has 4 bridgehead atoms. The van der Waals surface area contributed by atoms with Gasteiger partial charge >= 0.3 is 11.9 Å². The molecular weight excluding hydrogens is 752 g/mol. The number of Topliss-reactive ketones (excluding diaryl/α,β-unsaturated/α-hetero) is 2. The standard InChI is InChI=1S/C44H68O14/c1-29-21-23-37-27-35(47)25-33(45)19-15-11-8-6-10-14-18-32(4)56-42(52)40(50)44(54)30(2)22-24-38(58-44)28-36(48)26-34(46)20-16-12-7-5-9-13-17-31(3)55-41(51)39(49)43(29,53)57-37/h5-12,29-34,37-40,45-46,49-50,53-54H,13-28H2,1-4H3/b9-5?,10-6?,11-8-,12-7-/t29-,30-,31+,32+,33+,34+,37+,38+,39?,40?,43-,44-/m1/s1. The van der Waals surface area contributed by atoms with Gasteiger partial charge in [-0.05, 0) is 90.9 Å². The molecule has 0 spiro atoms. The summed E-state index contributed by atoms with van der Waals surface area (Å²) in [5.74, 6) is -8.28. The van der Waals surface area contributed by atoms with Crippen molar-refractivity contribution in [2.45, 2.75) is 191 Å². The Bertz CT molecular complexity index is 1330. The van der Waals surface area contributed by atoms with E-state index < -0.39 is 84.2 Å². The Morgan fingerprint density at radius 3 is 1.16 bits per heavy atom. The summed E-state index contributed by atoms with van der Waals surface area (Å²) < 4.78 is 22.4. The van der Waals surface area contributed by atoms with Crippen LogP contribution in [0, 0.1) is 11.8 Å². The van der Waals surface area contributed by atoms with Crippen molar-refractivity contribution in [3.63, 3.8) is 0 Å². The minimum atomic E-state index is -2.24. The van der Waals surface area contributed by atoms with Crippen LogP contribution in [0.25, 0.3) is 0 Å². The Hall–Kier alpha value is -3.08. The predicted molar refractivity (Wildman–Crippen MR) is 214 cm³/mol. The van der Waals surface area contributed by atoms with Gasteiger partial charge < -0.3 is 49.6 Å². The zero-order valence-electron chi connectivity index (χ0n) is 34.7. The monoisotopic (exact) mass is 820 g/mol. The molecule has 2 saturated heterocycles. The first kappa shape index (κ1) is 49.3. The van der Waals surface area contributed by atoms with Crippen molar-refractivity contribution in [3.8, 4) is 0 Å². The molecule has 2 fully saturated rings. The van der Waals surface area contributed by atoms with Gasteiger partial charge in [-0.15, -0.1) is 0 Å². The predicted octanol–water partition coefficient (Wildman–Crippen LogP) is 4.36. The molecule has 3 rings (SSSR count). The number of hydrogen-bond acceptors (Lipinski definition) is 14. The van der Waals surface area contributed by atoms with Gasteiger partial charge in [0.05, 0.1) is 36.6 Å². The average Bonchev–Trinajstić information content (AvgIpc) is 3.15. The third-order valence-electron chi connectivity index (χ3n) is 11.2. The second-order valence-corrected chi connectivity index (χ2v) is 16.5. The second kappa shape index (κ2) is 24.2. The van der Waals surface area contributed by atoms with Gasteiger partial charge in [-0.1, -0.05) is 62.5 Å². The number of carbonyl (C=O) groups excluding carboxylic acids is 4. The number of esters is 2. The van der Waals surface area contributed by atoms with Crippen molar-refractivity contribution in [2.24, 2.45) is 11.8 Å². The summed E-state index contributed by atoms with van der Waals surface area (Å²) in [6.07, 6.45) is 11.1. The Labute approximate surface area is 343 Å². The Morgan fingerprint density at radius 2 is 0.810 bits per heavy atom. The molecule has 0 radical (unpaired) electrons. The minimum Gasteiger partial charge on any atom is -0.461 e. The first-order valence-corrected chi connectivity index (χ1v) is 21.0. The Morgan fingerprint density at radius 1 is 0.483 bits per heavy atom. The van der Waals surface area contributed by atoms with Crippen molar-refractivity contribution in [1.29, 1.82) is 0 Å². The zero-order chi connectivity index (χ0) is 42.9. The number of fused-ring (bicyclic) bond motifs is 4. The number of rotatable bonds is 0. The van der Waals surface area contributed by atoms with Gasteiger partial charge in [0.25, 0.3) is 0 Å². The first-order valence-electron chi connectivity index (χ1n) is 21.0. The van der Waals surface area contributed by atoms with E-state index in [0.29, 0.717) is 77.0 Å². The van der Waals surface area contributed by atoms with Crippen LogP contribution in [0.1, 0.15) is 130 Å². The molecule has 0 aliphatic carbocycles. The van der Waals surface area contributed by atoms with Crippen LogP contribution in [0.2, 0.25) is 0 Å². The molecule has 3 aliphatic rings. The molecule has 0 aromatic rings. The van der Waals surface area contributed by atoms with Crippen molar-refractivity contribution in [2.75, 3.05) is 0 Å². The lowest BCUT2D eigenvalue weighted by molar-refractivity contribution is -0.317. The van der Waals surface area contributed by atoms with E-state index in [2.05, 4.69) is 0 Å². The summed E-state index contributed by atoms with van der Waals surface area (Å²) in [6, 6.07) is 0. The molecule has 2 unspecified atom stereocenters. The zero-order valence-corrected chi connectivity index (χ0v) is 34.7. The van der Waals surface area contributed by atoms with Gasteiger partial charge in [-0.3, -0.25) is 9.59 Å². The fourth-order valence-corrected chi connectivity index (χ4v) is 7.45. The molecule has 0 saturated carbocycles. The van der Waals surface area contributed by atoms with Gasteiger partial charge in [0.15, 0.2) is 0 Å². The summed E-state index contributed by atoms with van der Waals surface area (Å²) in [7, 11) is 0. The minimum absolute atomic E-state index is 0.0925. The van der Waals surface area contributed by atoms with Crippen LogP contribution in [0.15, 0.2) is 48.6 Å². The van der Waals surface area contributed by atoms with Gasteiger partial charge in [0.1, 0.15) is 11.6 Å². The van der Waals surface area contributed by atoms with Crippen molar-refractivity contribution in [3.05, 3.63) is 48.6 Å². The Balaban J connectivity index is 1.63. The van der Waals surface area contributed by atoms with E-state index in [9.17, 15) is 49.8 Å². The smallest absolute Gasteiger partial charge is 0.340 e. The molecule has 6 N–H and O–H groups in total. The highest BCUT2D eigenvalue weighted by Crippen LogP contribution is 2.38. The summed E-state index contributed by atoms with van der Waals surface area (Å²) in [5, 5.41) is 65.2. The fourth-order valence-electron chi connectivity index (χ4n) is 7.45. The molecule has 0 amide bonds. The van der Waals surface area contributed by atoms with Crippen LogP contribution in [0.3, 0.4) is 0 Å². The summed E-state index contributed by atoms with van der Waals surface area (Å²) >= 11 is 0. The third kappa shape index (κ3) is 15.8. The number of aliphatic hydroxyl groups excluding tert-OH is 4. The van der Waals surface area contributed by atoms with E-state index in [0.717, 1.165) is 0 Å². The lowest BCUT2D eigenvalue weighted by Gasteiger charge is -2.43. The van der Waals surface area contributed by atoms with Gasteiger partial charge in [0.2, 0.25) is 23.8 Å². The number of allylic oxidation sites excluding steroid dienone is 8. The lowest BCUT2D eigenvalue weighted by atomic mass is 9.85. The van der Waals surface area contributed by atoms with Crippen LogP contribution in [0.4, 0.5) is 0 Å². The van der Waals surface area contributed by atoms with Crippen LogP contribution >= 0.6 is 0 Å². The maximum Gasteiger partial charge on any atom is 0.340 e. The maximum absolute atomic E-state index is 12.9. The van der Waals surface area contributed by atoms with Crippen LogP contribution in [-0.4, -0.2) is 115 Å². The summed E-state index contributed by atoms with van der Waals surface area (Å²) in [4.78, 5) is 51.4. The largest absolute Gasteiger partial charge is 0.461 e. The number of ketones is 2. The van der Waals surface area contributed by atoms with Crippen LogP contribution < -0.4 is 0 Å². The fraction of sp³-hybridized carbons (Fsp3) is 0.727. The molecule has 0 aromatic carbocycles. The van der Waals surface area contributed by atoms with Crippen molar-refractivity contribution < 1.29 is 68.8 Å². The highest BCUT2D eigenvalue weighted by Gasteiger charge is 2.52. The number of hydrogen-bond donors (Lipinski definition) is 6. The first-order chi connectivity index (χ1) is 27.4. The average molecular weight is 821 g/mol.